The highest BCUT2D eigenvalue weighted by Gasteiger charge is 2.25. The molecule has 0 fully saturated rings. The largest absolute Gasteiger partial charge is 0.481 e. The Kier molecular flexibility index (Phi) is 5.15. The van der Waals surface area contributed by atoms with Crippen LogP contribution in [0.5, 0.6) is 0 Å². The summed E-state index contributed by atoms with van der Waals surface area (Å²) in [7, 11) is 1.74. The SMILES string of the molecule is CCCC(C)N(C)C(=O)c1c(C)coc1CC(=O)O. The van der Waals surface area contributed by atoms with Crippen molar-refractivity contribution in [3.8, 4) is 0 Å². The number of carboxylic acid groups (broad SMARTS) is 1. The van der Waals surface area contributed by atoms with Gasteiger partial charge in [0, 0.05) is 18.7 Å². The van der Waals surface area contributed by atoms with Gasteiger partial charge in [0.25, 0.3) is 5.91 Å². The Morgan fingerprint density at radius 3 is 2.63 bits per heavy atom. The summed E-state index contributed by atoms with van der Waals surface area (Å²) in [6, 6.07) is 0.115. The average molecular weight is 267 g/mol. The van der Waals surface area contributed by atoms with Crippen LogP contribution in [0.25, 0.3) is 0 Å². The Balaban J connectivity index is 2.98. The zero-order valence-electron chi connectivity index (χ0n) is 11.9. The van der Waals surface area contributed by atoms with Crippen molar-refractivity contribution < 1.29 is 19.1 Å². The third-order valence-corrected chi connectivity index (χ3v) is 3.26. The zero-order chi connectivity index (χ0) is 14.6. The average Bonchev–Trinajstić information content (AvgIpc) is 2.68. The van der Waals surface area contributed by atoms with E-state index in [4.69, 9.17) is 9.52 Å². The van der Waals surface area contributed by atoms with Gasteiger partial charge in [0.15, 0.2) is 0 Å². The summed E-state index contributed by atoms with van der Waals surface area (Å²) in [5, 5.41) is 8.83. The lowest BCUT2D eigenvalue weighted by molar-refractivity contribution is -0.136. The van der Waals surface area contributed by atoms with Gasteiger partial charge in [0.2, 0.25) is 0 Å². The Bertz CT molecular complexity index is 464. The van der Waals surface area contributed by atoms with Gasteiger partial charge in [-0.25, -0.2) is 0 Å². The number of carbonyl (C=O) groups excluding carboxylic acids is 1. The second-order valence-corrected chi connectivity index (χ2v) is 4.84. The van der Waals surface area contributed by atoms with Crippen LogP contribution >= 0.6 is 0 Å². The molecule has 19 heavy (non-hydrogen) atoms. The summed E-state index contributed by atoms with van der Waals surface area (Å²) < 4.78 is 5.19. The predicted octanol–water partition coefficient (Wildman–Crippen LogP) is 2.48. The molecule has 1 aromatic rings. The highest BCUT2D eigenvalue weighted by atomic mass is 16.4. The molecule has 0 bridgehead atoms. The monoisotopic (exact) mass is 267 g/mol. The fourth-order valence-corrected chi connectivity index (χ4v) is 2.04. The molecule has 1 amide bonds. The Morgan fingerprint density at radius 1 is 1.47 bits per heavy atom. The molecule has 0 spiro atoms. The first-order chi connectivity index (χ1) is 8.88. The number of nitrogens with zero attached hydrogens (tertiary/aromatic N) is 1. The quantitative estimate of drug-likeness (QED) is 0.859. The summed E-state index contributed by atoms with van der Waals surface area (Å²) in [4.78, 5) is 24.8. The van der Waals surface area contributed by atoms with Gasteiger partial charge in [0.1, 0.15) is 12.2 Å². The summed E-state index contributed by atoms with van der Waals surface area (Å²) in [5.74, 6) is -0.957. The van der Waals surface area contributed by atoms with Gasteiger partial charge in [-0.3, -0.25) is 9.59 Å². The van der Waals surface area contributed by atoms with Crippen molar-refractivity contribution >= 4 is 11.9 Å². The van der Waals surface area contributed by atoms with E-state index in [1.54, 1.807) is 18.9 Å². The number of aryl methyl sites for hydroxylation is 1. The van der Waals surface area contributed by atoms with Gasteiger partial charge >= 0.3 is 5.97 Å². The first-order valence-electron chi connectivity index (χ1n) is 6.44. The lowest BCUT2D eigenvalue weighted by Crippen LogP contribution is -2.35. The molecule has 5 nitrogen and oxygen atoms in total. The van der Waals surface area contributed by atoms with E-state index in [0.29, 0.717) is 11.1 Å². The molecular formula is C14H21NO4. The molecule has 1 N–H and O–H groups in total. The number of hydrogen-bond acceptors (Lipinski definition) is 3. The van der Waals surface area contributed by atoms with Crippen molar-refractivity contribution in [2.75, 3.05) is 7.05 Å². The number of hydrogen-bond donors (Lipinski definition) is 1. The van der Waals surface area contributed by atoms with Gasteiger partial charge in [-0.05, 0) is 20.3 Å². The third kappa shape index (κ3) is 3.59. The molecule has 1 atom stereocenters. The molecule has 0 saturated carbocycles. The highest BCUT2D eigenvalue weighted by Crippen LogP contribution is 2.20. The van der Waals surface area contributed by atoms with Crippen LogP contribution in [0.3, 0.4) is 0 Å². The lowest BCUT2D eigenvalue weighted by Gasteiger charge is -2.24. The number of amides is 1. The van der Waals surface area contributed by atoms with E-state index < -0.39 is 5.97 Å². The van der Waals surface area contributed by atoms with Crippen LogP contribution in [0.2, 0.25) is 0 Å². The lowest BCUT2D eigenvalue weighted by atomic mass is 10.1. The molecule has 5 heteroatoms. The molecule has 0 saturated heterocycles. The summed E-state index contributed by atoms with van der Waals surface area (Å²) in [6.07, 6.45) is 3.06. The van der Waals surface area contributed by atoms with E-state index in [0.717, 1.165) is 12.8 Å². The maximum atomic E-state index is 12.4. The highest BCUT2D eigenvalue weighted by molar-refractivity contribution is 5.97. The summed E-state index contributed by atoms with van der Waals surface area (Å²) >= 11 is 0. The minimum atomic E-state index is -1.01. The van der Waals surface area contributed by atoms with Crippen LogP contribution in [0.15, 0.2) is 10.7 Å². The number of carboxylic acids is 1. The molecule has 106 valence electrons. The first kappa shape index (κ1) is 15.3. The second-order valence-electron chi connectivity index (χ2n) is 4.84. The topological polar surface area (TPSA) is 70.8 Å². The second kappa shape index (κ2) is 6.41. The smallest absolute Gasteiger partial charge is 0.311 e. The van der Waals surface area contributed by atoms with Crippen molar-refractivity contribution in [3.05, 3.63) is 23.2 Å². The molecule has 1 aromatic heterocycles. The number of rotatable bonds is 6. The van der Waals surface area contributed by atoms with Crippen molar-refractivity contribution in [1.29, 1.82) is 0 Å². The van der Waals surface area contributed by atoms with E-state index in [1.165, 1.54) is 6.26 Å². The fourth-order valence-electron chi connectivity index (χ4n) is 2.04. The van der Waals surface area contributed by atoms with Crippen LogP contribution < -0.4 is 0 Å². The number of aliphatic carboxylic acids is 1. The summed E-state index contributed by atoms with van der Waals surface area (Å²) in [5.41, 5.74) is 1.06. The van der Waals surface area contributed by atoms with Crippen molar-refractivity contribution in [2.24, 2.45) is 0 Å². The van der Waals surface area contributed by atoms with Crippen LogP contribution in [0.4, 0.5) is 0 Å². The van der Waals surface area contributed by atoms with E-state index in [-0.39, 0.29) is 24.1 Å². The Labute approximate surface area is 113 Å². The molecule has 0 radical (unpaired) electrons. The van der Waals surface area contributed by atoms with E-state index in [1.807, 2.05) is 6.92 Å². The number of furan rings is 1. The van der Waals surface area contributed by atoms with Crippen LogP contribution in [-0.2, 0) is 11.2 Å². The first-order valence-corrected chi connectivity index (χ1v) is 6.44. The normalized spacial score (nSPS) is 12.2. The zero-order valence-corrected chi connectivity index (χ0v) is 11.9. The minimum Gasteiger partial charge on any atom is -0.481 e. The Hall–Kier alpha value is -1.78. The van der Waals surface area contributed by atoms with Gasteiger partial charge in [-0.15, -0.1) is 0 Å². The van der Waals surface area contributed by atoms with Crippen molar-refractivity contribution in [3.63, 3.8) is 0 Å². The van der Waals surface area contributed by atoms with Gasteiger partial charge in [0.05, 0.1) is 11.8 Å². The van der Waals surface area contributed by atoms with Crippen LogP contribution in [-0.4, -0.2) is 35.0 Å². The third-order valence-electron chi connectivity index (χ3n) is 3.26. The maximum absolute atomic E-state index is 12.4. The van der Waals surface area contributed by atoms with Crippen molar-refractivity contribution in [2.45, 2.75) is 46.1 Å². The van der Waals surface area contributed by atoms with Crippen LogP contribution in [0, 0.1) is 6.92 Å². The van der Waals surface area contributed by atoms with Gasteiger partial charge < -0.3 is 14.4 Å². The van der Waals surface area contributed by atoms with E-state index in [9.17, 15) is 9.59 Å². The molecule has 0 aromatic carbocycles. The predicted molar refractivity (Wildman–Crippen MR) is 71.2 cm³/mol. The molecule has 1 rings (SSSR count). The fraction of sp³-hybridized carbons (Fsp3) is 0.571. The van der Waals surface area contributed by atoms with Crippen molar-refractivity contribution in [1.82, 2.24) is 4.90 Å². The van der Waals surface area contributed by atoms with Crippen LogP contribution in [0.1, 0.15) is 48.4 Å². The molecule has 0 aliphatic carbocycles. The van der Waals surface area contributed by atoms with Gasteiger partial charge in [-0.2, -0.15) is 0 Å². The standard InChI is InChI=1S/C14H21NO4/c1-5-6-10(3)15(4)14(18)13-9(2)8-19-11(13)7-12(16)17/h8,10H,5-7H2,1-4H3,(H,16,17). The molecule has 0 aliphatic rings. The van der Waals surface area contributed by atoms with E-state index in [2.05, 4.69) is 6.92 Å². The number of carbonyl (C=O) groups is 2. The Morgan fingerprint density at radius 2 is 2.11 bits per heavy atom. The van der Waals surface area contributed by atoms with E-state index >= 15 is 0 Å². The maximum Gasteiger partial charge on any atom is 0.311 e. The summed E-state index contributed by atoms with van der Waals surface area (Å²) in [6.45, 7) is 5.79. The molecule has 0 aliphatic heterocycles. The molecule has 1 heterocycles. The molecule has 1 unspecified atom stereocenters. The molecular weight excluding hydrogens is 246 g/mol. The van der Waals surface area contributed by atoms with Gasteiger partial charge in [-0.1, -0.05) is 13.3 Å². The minimum absolute atomic E-state index is 0.115.